The quantitative estimate of drug-likeness (QED) is 0.879. The van der Waals surface area contributed by atoms with Gasteiger partial charge in [0.1, 0.15) is 5.82 Å². The summed E-state index contributed by atoms with van der Waals surface area (Å²) in [5.41, 5.74) is 0.693. The lowest BCUT2D eigenvalue weighted by molar-refractivity contribution is 0.430. The molecule has 1 fully saturated rings. The zero-order chi connectivity index (χ0) is 12.8. The van der Waals surface area contributed by atoms with Gasteiger partial charge in [-0.05, 0) is 51.4 Å². The van der Waals surface area contributed by atoms with Crippen molar-refractivity contribution in [3.05, 3.63) is 23.9 Å². The lowest BCUT2D eigenvalue weighted by Gasteiger charge is -2.36. The van der Waals surface area contributed by atoms with Crippen molar-refractivity contribution in [2.75, 3.05) is 25.0 Å². The first-order valence-corrected chi connectivity index (χ1v) is 6.62. The number of pyridine rings is 1. The summed E-state index contributed by atoms with van der Waals surface area (Å²) in [4.78, 5) is 6.79. The summed E-state index contributed by atoms with van der Waals surface area (Å²) in [6, 6.07) is 6.39. The van der Waals surface area contributed by atoms with Crippen LogP contribution in [0.4, 0.5) is 5.82 Å². The number of nitrogens with zero attached hydrogens (tertiary/aromatic N) is 3. The lowest BCUT2D eigenvalue weighted by Crippen LogP contribution is -2.41. The average Bonchev–Trinajstić information content (AvgIpc) is 2.45. The third-order valence-electron chi connectivity index (χ3n) is 3.52. The summed E-state index contributed by atoms with van der Waals surface area (Å²) in [7, 11) is 1.99. The van der Waals surface area contributed by atoms with E-state index in [4.69, 9.17) is 5.26 Å². The van der Waals surface area contributed by atoms with Crippen LogP contribution in [0.25, 0.3) is 0 Å². The fraction of sp³-hybridized carbons (Fsp3) is 0.571. The second-order valence-electron chi connectivity index (χ2n) is 4.75. The van der Waals surface area contributed by atoms with Crippen LogP contribution < -0.4 is 10.2 Å². The molecule has 1 aliphatic rings. The molecule has 1 N–H and O–H groups in total. The topological polar surface area (TPSA) is 52.0 Å². The maximum absolute atomic E-state index is 8.96. The minimum atomic E-state index is 0.549. The van der Waals surface area contributed by atoms with Gasteiger partial charge in [0, 0.05) is 18.8 Å². The van der Waals surface area contributed by atoms with Gasteiger partial charge in [-0.15, -0.1) is 0 Å². The van der Waals surface area contributed by atoms with Crippen molar-refractivity contribution in [1.82, 2.24) is 10.3 Å². The zero-order valence-corrected chi connectivity index (χ0v) is 10.9. The van der Waals surface area contributed by atoms with E-state index in [9.17, 15) is 0 Å². The highest BCUT2D eigenvalue weighted by Gasteiger charge is 2.23. The standard InChI is InChI=1S/C14H20N4/c1-16-7-6-13-4-2-3-9-18(13)14-10-12(11-15)5-8-17-14/h5,8,10,13,16H,2-4,6-7,9H2,1H3. The van der Waals surface area contributed by atoms with Crippen LogP contribution in [0.15, 0.2) is 18.3 Å². The van der Waals surface area contributed by atoms with E-state index in [0.717, 1.165) is 25.3 Å². The number of anilines is 1. The molecule has 2 rings (SSSR count). The van der Waals surface area contributed by atoms with E-state index < -0.39 is 0 Å². The summed E-state index contributed by atoms with van der Waals surface area (Å²) in [5.74, 6) is 0.954. The monoisotopic (exact) mass is 244 g/mol. The molecule has 96 valence electrons. The van der Waals surface area contributed by atoms with Crippen molar-refractivity contribution in [3.63, 3.8) is 0 Å². The Kier molecular flexibility index (Phi) is 4.54. The van der Waals surface area contributed by atoms with E-state index in [-0.39, 0.29) is 0 Å². The number of piperidine rings is 1. The van der Waals surface area contributed by atoms with Gasteiger partial charge in [-0.3, -0.25) is 0 Å². The van der Waals surface area contributed by atoms with Crippen molar-refractivity contribution < 1.29 is 0 Å². The maximum atomic E-state index is 8.96. The molecule has 0 bridgehead atoms. The van der Waals surface area contributed by atoms with Crippen LogP contribution in [-0.2, 0) is 0 Å². The highest BCUT2D eigenvalue weighted by molar-refractivity contribution is 5.46. The summed E-state index contributed by atoms with van der Waals surface area (Å²) >= 11 is 0. The van der Waals surface area contributed by atoms with Crippen LogP contribution >= 0.6 is 0 Å². The largest absolute Gasteiger partial charge is 0.354 e. The van der Waals surface area contributed by atoms with Crippen LogP contribution in [0.1, 0.15) is 31.2 Å². The van der Waals surface area contributed by atoms with Gasteiger partial charge >= 0.3 is 0 Å². The minimum absolute atomic E-state index is 0.549. The third kappa shape index (κ3) is 2.99. The first-order chi connectivity index (χ1) is 8.85. The number of hydrogen-bond donors (Lipinski definition) is 1. The van der Waals surface area contributed by atoms with E-state index in [0.29, 0.717) is 11.6 Å². The van der Waals surface area contributed by atoms with Crippen LogP contribution in [0.3, 0.4) is 0 Å². The van der Waals surface area contributed by atoms with E-state index in [1.165, 1.54) is 19.3 Å². The van der Waals surface area contributed by atoms with Gasteiger partial charge in [-0.25, -0.2) is 4.98 Å². The number of nitrogens with one attached hydrogen (secondary N) is 1. The average molecular weight is 244 g/mol. The Labute approximate surface area is 109 Å². The van der Waals surface area contributed by atoms with Gasteiger partial charge in [-0.1, -0.05) is 0 Å². The van der Waals surface area contributed by atoms with E-state index in [1.54, 1.807) is 12.3 Å². The Morgan fingerprint density at radius 3 is 3.22 bits per heavy atom. The molecule has 0 aliphatic carbocycles. The van der Waals surface area contributed by atoms with Gasteiger partial charge < -0.3 is 10.2 Å². The highest BCUT2D eigenvalue weighted by Crippen LogP contribution is 2.25. The summed E-state index contributed by atoms with van der Waals surface area (Å²) in [6.45, 7) is 2.08. The molecule has 1 unspecified atom stereocenters. The van der Waals surface area contributed by atoms with E-state index in [2.05, 4.69) is 21.3 Å². The molecule has 0 spiro atoms. The highest BCUT2D eigenvalue weighted by atomic mass is 15.2. The molecule has 4 nitrogen and oxygen atoms in total. The van der Waals surface area contributed by atoms with Crippen LogP contribution in [0.2, 0.25) is 0 Å². The second-order valence-corrected chi connectivity index (χ2v) is 4.75. The Balaban J connectivity index is 2.14. The predicted molar refractivity (Wildman–Crippen MR) is 72.5 cm³/mol. The molecule has 0 amide bonds. The van der Waals surface area contributed by atoms with Gasteiger partial charge in [0.05, 0.1) is 11.6 Å². The number of rotatable bonds is 4. The molecule has 4 heteroatoms. The van der Waals surface area contributed by atoms with Gasteiger partial charge in [0.25, 0.3) is 0 Å². The summed E-state index contributed by atoms with van der Waals surface area (Å²) in [6.07, 6.45) is 6.60. The minimum Gasteiger partial charge on any atom is -0.354 e. The molecular formula is C14H20N4. The van der Waals surface area contributed by atoms with Gasteiger partial charge in [0.2, 0.25) is 0 Å². The van der Waals surface area contributed by atoms with Crippen molar-refractivity contribution in [2.24, 2.45) is 0 Å². The van der Waals surface area contributed by atoms with Crippen molar-refractivity contribution in [1.29, 1.82) is 5.26 Å². The van der Waals surface area contributed by atoms with E-state index >= 15 is 0 Å². The number of nitriles is 1. The fourth-order valence-corrected chi connectivity index (χ4v) is 2.56. The molecule has 18 heavy (non-hydrogen) atoms. The molecule has 0 saturated carbocycles. The van der Waals surface area contributed by atoms with Crippen molar-refractivity contribution in [2.45, 2.75) is 31.7 Å². The fourth-order valence-electron chi connectivity index (χ4n) is 2.56. The zero-order valence-electron chi connectivity index (χ0n) is 10.9. The molecule has 0 aromatic carbocycles. The number of hydrogen-bond acceptors (Lipinski definition) is 4. The number of aromatic nitrogens is 1. The molecule has 1 aliphatic heterocycles. The first-order valence-electron chi connectivity index (χ1n) is 6.62. The van der Waals surface area contributed by atoms with Crippen LogP contribution in [-0.4, -0.2) is 31.2 Å². The molecular weight excluding hydrogens is 224 g/mol. The molecule has 1 aromatic rings. The lowest BCUT2D eigenvalue weighted by atomic mass is 9.99. The van der Waals surface area contributed by atoms with Crippen molar-refractivity contribution in [3.8, 4) is 6.07 Å². The molecule has 2 heterocycles. The molecule has 1 atom stereocenters. The maximum Gasteiger partial charge on any atom is 0.130 e. The van der Waals surface area contributed by atoms with E-state index in [1.807, 2.05) is 13.1 Å². The normalized spacial score (nSPS) is 19.6. The van der Waals surface area contributed by atoms with Gasteiger partial charge in [-0.2, -0.15) is 5.26 Å². The van der Waals surface area contributed by atoms with Gasteiger partial charge in [0.15, 0.2) is 0 Å². The molecule has 1 saturated heterocycles. The van der Waals surface area contributed by atoms with Crippen LogP contribution in [0.5, 0.6) is 0 Å². The smallest absolute Gasteiger partial charge is 0.130 e. The SMILES string of the molecule is CNCCC1CCCCN1c1cc(C#N)ccn1. The Hall–Kier alpha value is -1.60. The summed E-state index contributed by atoms with van der Waals surface area (Å²) in [5, 5.41) is 12.2. The third-order valence-corrected chi connectivity index (χ3v) is 3.52. The predicted octanol–water partition coefficient (Wildman–Crippen LogP) is 1.92. The Morgan fingerprint density at radius 2 is 2.44 bits per heavy atom. The first kappa shape index (κ1) is 12.8. The summed E-state index contributed by atoms with van der Waals surface area (Å²) < 4.78 is 0. The van der Waals surface area contributed by atoms with Crippen LogP contribution in [0, 0.1) is 11.3 Å². The molecule has 1 aromatic heterocycles. The second kappa shape index (κ2) is 6.36. The molecule has 0 radical (unpaired) electrons. The Morgan fingerprint density at radius 1 is 1.56 bits per heavy atom. The Bertz CT molecular complexity index is 424. The van der Waals surface area contributed by atoms with Crippen molar-refractivity contribution >= 4 is 5.82 Å².